The molecule has 0 spiro atoms. The number of ether oxygens (including phenoxy) is 1. The van der Waals surface area contributed by atoms with E-state index in [1.54, 1.807) is 24.3 Å². The fourth-order valence-corrected chi connectivity index (χ4v) is 1.36. The van der Waals surface area contributed by atoms with Gasteiger partial charge < -0.3 is 20.4 Å². The molecule has 6 nitrogen and oxygen atoms in total. The summed E-state index contributed by atoms with van der Waals surface area (Å²) in [7, 11) is 1.23. The first-order chi connectivity index (χ1) is 8.08. The van der Waals surface area contributed by atoms with Crippen molar-refractivity contribution in [1.29, 1.82) is 0 Å². The lowest BCUT2D eigenvalue weighted by Crippen LogP contribution is -2.22. The molecule has 0 aliphatic rings. The molecule has 2 unspecified atom stereocenters. The van der Waals surface area contributed by atoms with Gasteiger partial charge in [0.25, 0.3) is 0 Å². The summed E-state index contributed by atoms with van der Waals surface area (Å²) in [6, 6.07) is 6.54. The third kappa shape index (κ3) is 3.70. The molecule has 0 aromatic heterocycles. The van der Waals surface area contributed by atoms with E-state index < -0.39 is 18.2 Å². The lowest BCUT2D eigenvalue weighted by Gasteiger charge is -2.17. The molecule has 0 bridgehead atoms. The van der Waals surface area contributed by atoms with Crippen LogP contribution in [0.15, 0.2) is 24.3 Å². The molecule has 0 saturated heterocycles. The Balaban J connectivity index is 2.67. The highest BCUT2D eigenvalue weighted by Gasteiger charge is 2.21. The van der Waals surface area contributed by atoms with E-state index in [0.29, 0.717) is 11.3 Å². The molecular weight excluding hydrogens is 224 g/mol. The molecule has 0 radical (unpaired) electrons. The Kier molecular flexibility index (Phi) is 4.89. The second-order valence-corrected chi connectivity index (χ2v) is 3.56. The van der Waals surface area contributed by atoms with Crippen molar-refractivity contribution in [3.63, 3.8) is 0 Å². The Bertz CT molecular complexity index is 366. The van der Waals surface area contributed by atoms with Crippen molar-refractivity contribution in [3.05, 3.63) is 29.8 Å². The molecule has 94 valence electrons. The normalized spacial score (nSPS) is 13.9. The van der Waals surface area contributed by atoms with Crippen LogP contribution in [0.3, 0.4) is 0 Å². The lowest BCUT2D eigenvalue weighted by atomic mass is 10.0. The number of carbonyl (C=O) groups excluding carboxylic acids is 1. The first kappa shape index (κ1) is 13.4. The van der Waals surface area contributed by atoms with E-state index in [0.717, 1.165) is 0 Å². The molecule has 1 aromatic carbocycles. The van der Waals surface area contributed by atoms with Crippen LogP contribution in [0.5, 0.6) is 0 Å². The number of hydrogen-bond acceptors (Lipinski definition) is 6. The standard InChI is InChI=1S/C11H16N2O4/c1-17-10(15)6-9(14)11(16)7-2-4-8(13-12)5-3-7/h2-5,9,11,13-14,16H,6,12H2,1H3. The number of esters is 1. The van der Waals surface area contributed by atoms with E-state index in [9.17, 15) is 15.0 Å². The molecule has 0 saturated carbocycles. The summed E-state index contributed by atoms with van der Waals surface area (Å²) >= 11 is 0. The molecule has 0 aliphatic heterocycles. The Hall–Kier alpha value is -1.63. The average molecular weight is 240 g/mol. The molecule has 2 atom stereocenters. The smallest absolute Gasteiger partial charge is 0.308 e. The van der Waals surface area contributed by atoms with Gasteiger partial charge >= 0.3 is 5.97 Å². The highest BCUT2D eigenvalue weighted by molar-refractivity contribution is 5.69. The van der Waals surface area contributed by atoms with Crippen LogP contribution in [0.1, 0.15) is 18.1 Å². The molecule has 5 N–H and O–H groups in total. The fourth-order valence-electron chi connectivity index (χ4n) is 1.36. The first-order valence-electron chi connectivity index (χ1n) is 5.08. The maximum atomic E-state index is 10.9. The highest BCUT2D eigenvalue weighted by atomic mass is 16.5. The van der Waals surface area contributed by atoms with Crippen molar-refractivity contribution in [2.45, 2.75) is 18.6 Å². The summed E-state index contributed by atoms with van der Waals surface area (Å²) in [5, 5.41) is 19.4. The van der Waals surface area contributed by atoms with Gasteiger partial charge in [-0.3, -0.25) is 10.6 Å². The number of nitrogens with one attached hydrogen (secondary N) is 1. The Morgan fingerprint density at radius 3 is 2.47 bits per heavy atom. The highest BCUT2D eigenvalue weighted by Crippen LogP contribution is 2.20. The van der Waals surface area contributed by atoms with Gasteiger partial charge in [0.15, 0.2) is 0 Å². The number of carbonyl (C=O) groups is 1. The van der Waals surface area contributed by atoms with Gasteiger partial charge in [0.1, 0.15) is 6.10 Å². The summed E-state index contributed by atoms with van der Waals surface area (Å²) in [6.07, 6.45) is -2.59. The molecule has 0 amide bonds. The topological polar surface area (TPSA) is 105 Å². The Labute approximate surface area is 99.0 Å². The largest absolute Gasteiger partial charge is 0.469 e. The molecule has 0 fully saturated rings. The van der Waals surface area contributed by atoms with E-state index in [1.165, 1.54) is 7.11 Å². The number of aliphatic hydroxyl groups is 2. The molecule has 1 aromatic rings. The van der Waals surface area contributed by atoms with E-state index in [2.05, 4.69) is 10.2 Å². The number of hydrogen-bond donors (Lipinski definition) is 4. The van der Waals surface area contributed by atoms with Crippen molar-refractivity contribution in [1.82, 2.24) is 0 Å². The van der Waals surface area contributed by atoms with Gasteiger partial charge in [-0.25, -0.2) is 0 Å². The molecule has 1 rings (SSSR count). The second kappa shape index (κ2) is 6.19. The maximum Gasteiger partial charge on any atom is 0.308 e. The quantitative estimate of drug-likeness (QED) is 0.326. The molecule has 0 heterocycles. The van der Waals surface area contributed by atoms with Crippen molar-refractivity contribution >= 4 is 11.7 Å². The Morgan fingerprint density at radius 1 is 1.41 bits per heavy atom. The van der Waals surface area contributed by atoms with Crippen LogP contribution in [0.4, 0.5) is 5.69 Å². The van der Waals surface area contributed by atoms with Crippen molar-refractivity contribution in [2.75, 3.05) is 12.5 Å². The van der Waals surface area contributed by atoms with Crippen LogP contribution in [0.25, 0.3) is 0 Å². The van der Waals surface area contributed by atoms with Gasteiger partial charge in [0, 0.05) is 5.69 Å². The monoisotopic (exact) mass is 240 g/mol. The Morgan fingerprint density at radius 2 is 2.00 bits per heavy atom. The summed E-state index contributed by atoms with van der Waals surface area (Å²) < 4.78 is 4.41. The third-order valence-electron chi connectivity index (χ3n) is 2.39. The van der Waals surface area contributed by atoms with Crippen molar-refractivity contribution in [2.24, 2.45) is 5.84 Å². The van der Waals surface area contributed by atoms with Gasteiger partial charge in [0.05, 0.1) is 19.6 Å². The molecule has 6 heteroatoms. The minimum atomic E-state index is -1.20. The van der Waals surface area contributed by atoms with Crippen LogP contribution in [-0.2, 0) is 9.53 Å². The number of nitrogens with two attached hydrogens (primary N) is 1. The van der Waals surface area contributed by atoms with Gasteiger partial charge in [0.2, 0.25) is 0 Å². The number of hydrazine groups is 1. The van der Waals surface area contributed by atoms with Crippen LogP contribution in [0, 0.1) is 0 Å². The lowest BCUT2D eigenvalue weighted by molar-refractivity contribution is -0.144. The zero-order valence-corrected chi connectivity index (χ0v) is 9.46. The van der Waals surface area contributed by atoms with E-state index in [-0.39, 0.29) is 6.42 Å². The second-order valence-electron chi connectivity index (χ2n) is 3.56. The van der Waals surface area contributed by atoms with E-state index in [4.69, 9.17) is 5.84 Å². The summed E-state index contributed by atoms with van der Waals surface area (Å²) in [6.45, 7) is 0. The number of anilines is 1. The summed E-state index contributed by atoms with van der Waals surface area (Å²) in [5.41, 5.74) is 3.63. The number of rotatable bonds is 5. The molecule has 0 aliphatic carbocycles. The minimum absolute atomic E-state index is 0.255. The van der Waals surface area contributed by atoms with Gasteiger partial charge in [-0.05, 0) is 17.7 Å². The van der Waals surface area contributed by atoms with Gasteiger partial charge in [-0.2, -0.15) is 0 Å². The summed E-state index contributed by atoms with van der Waals surface area (Å²) in [5.74, 6) is 4.62. The van der Waals surface area contributed by atoms with E-state index >= 15 is 0 Å². The van der Waals surface area contributed by atoms with Crippen LogP contribution >= 0.6 is 0 Å². The SMILES string of the molecule is COC(=O)CC(O)C(O)c1ccc(NN)cc1. The van der Waals surface area contributed by atoms with Crippen molar-refractivity contribution in [3.8, 4) is 0 Å². The maximum absolute atomic E-state index is 10.9. The van der Waals surface area contributed by atoms with Crippen molar-refractivity contribution < 1.29 is 19.7 Å². The predicted molar refractivity (Wildman–Crippen MR) is 61.9 cm³/mol. The first-order valence-corrected chi connectivity index (χ1v) is 5.08. The number of methoxy groups -OCH3 is 1. The van der Waals surface area contributed by atoms with E-state index in [1.807, 2.05) is 0 Å². The van der Waals surface area contributed by atoms with Gasteiger partial charge in [-0.15, -0.1) is 0 Å². The van der Waals surface area contributed by atoms with Crippen LogP contribution in [-0.4, -0.2) is 29.4 Å². The summed E-state index contributed by atoms with van der Waals surface area (Å²) in [4.78, 5) is 10.9. The predicted octanol–water partition coefficient (Wildman–Crippen LogP) is -0.0704. The number of benzene rings is 1. The molecular formula is C11H16N2O4. The zero-order chi connectivity index (χ0) is 12.8. The number of nitrogen functional groups attached to an aromatic ring is 1. The average Bonchev–Trinajstić information content (AvgIpc) is 2.37. The minimum Gasteiger partial charge on any atom is -0.469 e. The van der Waals surface area contributed by atoms with Gasteiger partial charge in [-0.1, -0.05) is 12.1 Å². The van der Waals surface area contributed by atoms with Crippen LogP contribution < -0.4 is 11.3 Å². The zero-order valence-electron chi connectivity index (χ0n) is 9.46. The fraction of sp³-hybridized carbons (Fsp3) is 0.364. The molecule has 17 heavy (non-hydrogen) atoms. The third-order valence-corrected chi connectivity index (χ3v) is 2.39. The number of aliphatic hydroxyl groups excluding tert-OH is 2. The van der Waals surface area contributed by atoms with Crippen LogP contribution in [0.2, 0.25) is 0 Å².